The van der Waals surface area contributed by atoms with Crippen LogP contribution in [-0.2, 0) is 11.0 Å². The summed E-state index contributed by atoms with van der Waals surface area (Å²) in [6, 6.07) is 2.43. The second-order valence-corrected chi connectivity index (χ2v) is 5.93. The van der Waals surface area contributed by atoms with Gasteiger partial charge in [0.1, 0.15) is 11.1 Å². The van der Waals surface area contributed by atoms with Gasteiger partial charge < -0.3 is 5.32 Å². The number of amides is 1. The number of hydrogen-bond donors (Lipinski definition) is 1. The highest BCUT2D eigenvalue weighted by Gasteiger charge is 2.35. The van der Waals surface area contributed by atoms with Gasteiger partial charge in [-0.25, -0.2) is 4.98 Å². The van der Waals surface area contributed by atoms with E-state index in [1.807, 2.05) is 13.8 Å². The minimum Gasteiger partial charge on any atom is -0.353 e. The fourth-order valence-corrected chi connectivity index (χ4v) is 2.84. The first kappa shape index (κ1) is 19.3. The first-order valence-electron chi connectivity index (χ1n) is 7.13. The molecule has 0 spiro atoms. The summed E-state index contributed by atoms with van der Waals surface area (Å²) in [5.74, 6) is -0.372. The van der Waals surface area contributed by atoms with Crippen molar-refractivity contribution in [3.63, 3.8) is 0 Å². The number of aryl methyl sites for hydroxylation is 1. The third-order valence-electron chi connectivity index (χ3n) is 3.22. The van der Waals surface area contributed by atoms with Gasteiger partial charge in [-0.15, -0.1) is 0 Å². The van der Waals surface area contributed by atoms with E-state index in [0.717, 1.165) is 30.7 Å². The zero-order chi connectivity index (χ0) is 17.6. The Morgan fingerprint density at radius 3 is 2.52 bits per heavy atom. The number of alkyl halides is 3. The highest BCUT2D eigenvalue weighted by molar-refractivity contribution is 8.00. The predicted molar refractivity (Wildman–Crippen MR) is 81.9 cm³/mol. The smallest absolute Gasteiger partial charge is 0.353 e. The molecule has 1 N–H and O–H groups in total. The Morgan fingerprint density at radius 2 is 2.04 bits per heavy atom. The van der Waals surface area contributed by atoms with Crippen LogP contribution < -0.4 is 5.32 Å². The Labute approximate surface area is 137 Å². The molecule has 0 bridgehead atoms. The van der Waals surface area contributed by atoms with Crippen molar-refractivity contribution in [1.82, 2.24) is 10.3 Å². The number of rotatable bonds is 6. The van der Waals surface area contributed by atoms with Crippen LogP contribution in [0.15, 0.2) is 11.1 Å². The molecule has 4 nitrogen and oxygen atoms in total. The summed E-state index contributed by atoms with van der Waals surface area (Å²) in [4.78, 5) is 15.8. The predicted octanol–water partition coefficient (Wildman–Crippen LogP) is 3.68. The monoisotopic (exact) mass is 345 g/mol. The molecule has 1 amide bonds. The van der Waals surface area contributed by atoms with Gasteiger partial charge in [0, 0.05) is 11.7 Å². The maximum Gasteiger partial charge on any atom is 0.417 e. The fraction of sp³-hybridized carbons (Fsp3) is 0.533. The van der Waals surface area contributed by atoms with Crippen LogP contribution in [-0.4, -0.2) is 22.7 Å². The quantitative estimate of drug-likeness (QED) is 0.799. The molecule has 23 heavy (non-hydrogen) atoms. The van der Waals surface area contributed by atoms with Crippen molar-refractivity contribution in [3.05, 3.63) is 22.9 Å². The van der Waals surface area contributed by atoms with Crippen LogP contribution in [0, 0.1) is 18.3 Å². The van der Waals surface area contributed by atoms with E-state index in [1.165, 1.54) is 6.92 Å². The molecule has 0 saturated carbocycles. The second kappa shape index (κ2) is 8.20. The normalized spacial score (nSPS) is 11.4. The van der Waals surface area contributed by atoms with E-state index in [0.29, 0.717) is 0 Å². The van der Waals surface area contributed by atoms with E-state index >= 15 is 0 Å². The number of hydrogen-bond acceptors (Lipinski definition) is 4. The van der Waals surface area contributed by atoms with Gasteiger partial charge in [0.15, 0.2) is 0 Å². The largest absolute Gasteiger partial charge is 0.417 e. The van der Waals surface area contributed by atoms with Crippen molar-refractivity contribution in [2.45, 2.75) is 50.9 Å². The standard InChI is InChI=1S/C15H18F3N3OS/c1-4-10(5-2)21-13(22)8-23-14-11(7-19)12(15(16,17)18)6-9(3)20-14/h6,10H,4-5,8H2,1-3H3,(H,21,22). The molecule has 126 valence electrons. The van der Waals surface area contributed by atoms with E-state index in [2.05, 4.69) is 10.3 Å². The average Bonchev–Trinajstić information content (AvgIpc) is 2.49. The Balaban J connectivity index is 2.95. The van der Waals surface area contributed by atoms with Crippen molar-refractivity contribution in [2.24, 2.45) is 0 Å². The molecule has 0 radical (unpaired) electrons. The first-order valence-corrected chi connectivity index (χ1v) is 8.12. The van der Waals surface area contributed by atoms with E-state index in [1.54, 1.807) is 6.07 Å². The van der Waals surface area contributed by atoms with E-state index < -0.39 is 17.3 Å². The first-order chi connectivity index (χ1) is 10.7. The number of nitrogens with zero attached hydrogens (tertiary/aromatic N) is 2. The summed E-state index contributed by atoms with van der Waals surface area (Å²) >= 11 is 0.841. The highest BCUT2D eigenvalue weighted by atomic mass is 32.2. The molecule has 0 unspecified atom stereocenters. The molecule has 0 aromatic carbocycles. The van der Waals surface area contributed by atoms with Gasteiger partial charge >= 0.3 is 6.18 Å². The minimum absolute atomic E-state index is 0.0368. The molecule has 1 heterocycles. The van der Waals surface area contributed by atoms with E-state index in [4.69, 9.17) is 5.26 Å². The summed E-state index contributed by atoms with van der Waals surface area (Å²) < 4.78 is 39.0. The van der Waals surface area contributed by atoms with Gasteiger partial charge in [0.05, 0.1) is 16.9 Å². The van der Waals surface area contributed by atoms with Crippen LogP contribution >= 0.6 is 11.8 Å². The Morgan fingerprint density at radius 1 is 1.43 bits per heavy atom. The third-order valence-corrected chi connectivity index (χ3v) is 4.20. The Hall–Kier alpha value is -1.75. The molecule has 0 aliphatic rings. The van der Waals surface area contributed by atoms with Gasteiger partial charge in [-0.3, -0.25) is 4.79 Å². The van der Waals surface area contributed by atoms with Crippen molar-refractivity contribution in [2.75, 3.05) is 5.75 Å². The molecule has 1 rings (SSSR count). The molecule has 0 aliphatic heterocycles. The Kier molecular flexibility index (Phi) is 6.88. The second-order valence-electron chi connectivity index (χ2n) is 4.97. The van der Waals surface area contributed by atoms with Gasteiger partial charge in [-0.2, -0.15) is 18.4 Å². The Bertz CT molecular complexity index is 607. The molecule has 1 aromatic heterocycles. The average molecular weight is 345 g/mol. The third kappa shape index (κ3) is 5.43. The van der Waals surface area contributed by atoms with E-state index in [9.17, 15) is 18.0 Å². The molecule has 0 aliphatic carbocycles. The van der Waals surface area contributed by atoms with Gasteiger partial charge in [-0.05, 0) is 25.8 Å². The van der Waals surface area contributed by atoms with Crippen molar-refractivity contribution in [1.29, 1.82) is 5.26 Å². The summed E-state index contributed by atoms with van der Waals surface area (Å²) in [6.07, 6.45) is -3.08. The van der Waals surface area contributed by atoms with Crippen LogP contribution in [0.4, 0.5) is 13.2 Å². The van der Waals surface area contributed by atoms with Crippen LogP contribution in [0.2, 0.25) is 0 Å². The SMILES string of the molecule is CCC(CC)NC(=O)CSc1nc(C)cc(C(F)(F)F)c1C#N. The summed E-state index contributed by atoms with van der Waals surface area (Å²) in [5, 5.41) is 11.8. The lowest BCUT2D eigenvalue weighted by atomic mass is 10.1. The number of pyridine rings is 1. The zero-order valence-electron chi connectivity index (χ0n) is 13.1. The maximum absolute atomic E-state index is 13.0. The van der Waals surface area contributed by atoms with E-state index in [-0.39, 0.29) is 28.4 Å². The number of carbonyl (C=O) groups excluding carboxylic acids is 1. The van der Waals surface area contributed by atoms with Gasteiger partial charge in [0.2, 0.25) is 5.91 Å². The van der Waals surface area contributed by atoms with Crippen molar-refractivity contribution >= 4 is 17.7 Å². The molecular formula is C15H18F3N3OS. The molecule has 0 saturated heterocycles. The number of halogens is 3. The summed E-state index contributed by atoms with van der Waals surface area (Å²) in [5.41, 5.74) is -1.40. The highest BCUT2D eigenvalue weighted by Crippen LogP contribution is 2.35. The van der Waals surface area contributed by atoms with Crippen LogP contribution in [0.5, 0.6) is 0 Å². The van der Waals surface area contributed by atoms with Crippen molar-refractivity contribution < 1.29 is 18.0 Å². The molecule has 1 aromatic rings. The molecule has 8 heteroatoms. The minimum atomic E-state index is -4.63. The summed E-state index contributed by atoms with van der Waals surface area (Å²) in [6.45, 7) is 5.30. The van der Waals surface area contributed by atoms with Crippen molar-refractivity contribution in [3.8, 4) is 6.07 Å². The van der Waals surface area contributed by atoms with Gasteiger partial charge in [-0.1, -0.05) is 25.6 Å². The molecular weight excluding hydrogens is 327 g/mol. The van der Waals surface area contributed by atoms with Crippen LogP contribution in [0.3, 0.4) is 0 Å². The number of nitriles is 1. The lowest BCUT2D eigenvalue weighted by Crippen LogP contribution is -2.35. The number of carbonyl (C=O) groups is 1. The number of aromatic nitrogens is 1. The fourth-order valence-electron chi connectivity index (χ4n) is 1.98. The lowest BCUT2D eigenvalue weighted by molar-refractivity contribution is -0.138. The zero-order valence-corrected chi connectivity index (χ0v) is 13.9. The van der Waals surface area contributed by atoms with Crippen LogP contribution in [0.1, 0.15) is 43.5 Å². The van der Waals surface area contributed by atoms with Crippen LogP contribution in [0.25, 0.3) is 0 Å². The topological polar surface area (TPSA) is 65.8 Å². The maximum atomic E-state index is 13.0. The van der Waals surface area contributed by atoms with Gasteiger partial charge in [0.25, 0.3) is 0 Å². The lowest BCUT2D eigenvalue weighted by Gasteiger charge is -2.15. The number of nitrogens with one attached hydrogen (secondary N) is 1. The summed E-state index contributed by atoms with van der Waals surface area (Å²) in [7, 11) is 0. The molecule has 0 fully saturated rings. The molecule has 0 atom stereocenters. The number of thioether (sulfide) groups is 1.